The molecule has 0 saturated carbocycles. The van der Waals surface area contributed by atoms with E-state index in [-0.39, 0.29) is 18.2 Å². The minimum Gasteiger partial charge on any atom is -0.497 e. The molecular weight excluding hydrogens is 396 g/mol. The highest BCUT2D eigenvalue weighted by molar-refractivity contribution is 5.96. The Morgan fingerprint density at radius 1 is 0.968 bits per heavy atom. The fourth-order valence-corrected chi connectivity index (χ4v) is 2.93. The van der Waals surface area contributed by atoms with Crippen LogP contribution in [0.5, 0.6) is 11.5 Å². The van der Waals surface area contributed by atoms with Crippen molar-refractivity contribution in [1.82, 2.24) is 9.78 Å². The maximum absolute atomic E-state index is 12.8. The molecule has 0 aliphatic rings. The second-order valence-electron chi connectivity index (χ2n) is 7.49. The van der Waals surface area contributed by atoms with Gasteiger partial charge in [0, 0.05) is 11.9 Å². The van der Waals surface area contributed by atoms with E-state index < -0.39 is 5.54 Å². The van der Waals surface area contributed by atoms with Crippen LogP contribution in [0, 0.1) is 0 Å². The van der Waals surface area contributed by atoms with E-state index in [0.717, 1.165) is 5.56 Å². The lowest BCUT2D eigenvalue weighted by atomic mass is 10.0. The number of anilines is 2. The van der Waals surface area contributed by atoms with Crippen LogP contribution < -0.4 is 20.1 Å². The van der Waals surface area contributed by atoms with Crippen molar-refractivity contribution in [3.63, 3.8) is 0 Å². The molecule has 162 valence electrons. The van der Waals surface area contributed by atoms with E-state index in [1.54, 1.807) is 58.5 Å². The molecule has 0 bridgehead atoms. The minimum atomic E-state index is -0.976. The van der Waals surface area contributed by atoms with Crippen LogP contribution in [-0.2, 0) is 21.5 Å². The zero-order valence-corrected chi connectivity index (χ0v) is 18.0. The van der Waals surface area contributed by atoms with Gasteiger partial charge in [0.1, 0.15) is 17.0 Å². The molecule has 0 aliphatic heterocycles. The van der Waals surface area contributed by atoms with Crippen LogP contribution in [0.4, 0.5) is 11.4 Å². The van der Waals surface area contributed by atoms with Gasteiger partial charge in [-0.15, -0.1) is 0 Å². The minimum absolute atomic E-state index is 0.187. The Morgan fingerprint density at radius 3 is 2.35 bits per heavy atom. The van der Waals surface area contributed by atoms with Crippen LogP contribution in [0.1, 0.15) is 19.4 Å². The number of amides is 2. The van der Waals surface area contributed by atoms with E-state index in [4.69, 9.17) is 9.47 Å². The number of ether oxygens (including phenoxy) is 2. The van der Waals surface area contributed by atoms with Gasteiger partial charge >= 0.3 is 0 Å². The van der Waals surface area contributed by atoms with Crippen molar-refractivity contribution < 1.29 is 19.1 Å². The molecule has 2 aromatic carbocycles. The summed E-state index contributed by atoms with van der Waals surface area (Å²) in [5.41, 5.74) is 1.02. The second kappa shape index (κ2) is 9.34. The Labute approximate surface area is 181 Å². The lowest BCUT2D eigenvalue weighted by Gasteiger charge is -2.24. The zero-order valence-electron chi connectivity index (χ0n) is 18.0. The van der Waals surface area contributed by atoms with Gasteiger partial charge in [-0.25, -0.2) is 0 Å². The SMILES string of the molecule is COc1ccc(NC(=O)C(C)(C)n2cc(NC(=O)Cc3cccc(OC)c3)cn2)cc1. The first-order valence-electron chi connectivity index (χ1n) is 9.75. The van der Waals surface area contributed by atoms with E-state index in [1.807, 2.05) is 24.3 Å². The van der Waals surface area contributed by atoms with Crippen LogP contribution in [0.15, 0.2) is 60.9 Å². The first-order valence-corrected chi connectivity index (χ1v) is 9.75. The van der Waals surface area contributed by atoms with E-state index in [0.29, 0.717) is 22.9 Å². The number of hydrogen-bond donors (Lipinski definition) is 2. The van der Waals surface area contributed by atoms with Gasteiger partial charge in [-0.05, 0) is 55.8 Å². The zero-order chi connectivity index (χ0) is 22.4. The Morgan fingerprint density at radius 2 is 1.68 bits per heavy atom. The summed E-state index contributed by atoms with van der Waals surface area (Å²) in [7, 11) is 3.17. The topological polar surface area (TPSA) is 94.5 Å². The molecule has 0 spiro atoms. The number of hydrogen-bond acceptors (Lipinski definition) is 5. The van der Waals surface area contributed by atoms with Gasteiger partial charge in [0.15, 0.2) is 0 Å². The third kappa shape index (κ3) is 5.42. The summed E-state index contributed by atoms with van der Waals surface area (Å²) in [5, 5.41) is 9.95. The average molecular weight is 422 g/mol. The molecule has 2 N–H and O–H groups in total. The number of carbonyl (C=O) groups is 2. The first kappa shape index (κ1) is 21.9. The molecule has 0 atom stereocenters. The molecule has 31 heavy (non-hydrogen) atoms. The van der Waals surface area contributed by atoms with Gasteiger partial charge < -0.3 is 20.1 Å². The molecule has 3 aromatic rings. The normalized spacial score (nSPS) is 11.0. The summed E-state index contributed by atoms with van der Waals surface area (Å²) in [6, 6.07) is 14.4. The fourth-order valence-electron chi connectivity index (χ4n) is 2.93. The molecule has 0 unspecified atom stereocenters. The maximum Gasteiger partial charge on any atom is 0.251 e. The molecule has 8 nitrogen and oxygen atoms in total. The molecule has 0 saturated heterocycles. The first-order chi connectivity index (χ1) is 14.8. The van der Waals surface area contributed by atoms with Crippen molar-refractivity contribution in [3.8, 4) is 11.5 Å². The standard InChI is InChI=1S/C23H26N4O4/c1-23(2,22(29)26-17-8-10-19(30-3)11-9-17)27-15-18(14-24-27)25-21(28)13-16-6-5-7-20(12-16)31-4/h5-12,14-15H,13H2,1-4H3,(H,25,28)(H,26,29). The number of carbonyl (C=O) groups excluding carboxylic acids is 2. The lowest BCUT2D eigenvalue weighted by Crippen LogP contribution is -2.40. The van der Waals surface area contributed by atoms with Crippen LogP contribution in [0.2, 0.25) is 0 Å². The van der Waals surface area contributed by atoms with E-state index >= 15 is 0 Å². The second-order valence-corrected chi connectivity index (χ2v) is 7.49. The third-order valence-corrected chi connectivity index (χ3v) is 4.84. The van der Waals surface area contributed by atoms with Crippen LogP contribution in [0.25, 0.3) is 0 Å². The number of nitrogens with zero attached hydrogens (tertiary/aromatic N) is 2. The third-order valence-electron chi connectivity index (χ3n) is 4.84. The van der Waals surface area contributed by atoms with Gasteiger partial charge in [0.2, 0.25) is 5.91 Å². The van der Waals surface area contributed by atoms with E-state index in [2.05, 4.69) is 15.7 Å². The van der Waals surface area contributed by atoms with Crippen LogP contribution in [0.3, 0.4) is 0 Å². The van der Waals surface area contributed by atoms with Crippen molar-refractivity contribution in [1.29, 1.82) is 0 Å². The summed E-state index contributed by atoms with van der Waals surface area (Å²) >= 11 is 0. The molecule has 0 aliphatic carbocycles. The quantitative estimate of drug-likeness (QED) is 0.580. The molecule has 1 aromatic heterocycles. The highest BCUT2D eigenvalue weighted by Gasteiger charge is 2.31. The monoisotopic (exact) mass is 422 g/mol. The molecule has 0 radical (unpaired) electrons. The molecular formula is C23H26N4O4. The summed E-state index contributed by atoms with van der Waals surface area (Å²) in [6.07, 6.45) is 3.35. The Bertz CT molecular complexity index is 1060. The number of rotatable bonds is 8. The van der Waals surface area contributed by atoms with Crippen molar-refractivity contribution in [3.05, 3.63) is 66.5 Å². The van der Waals surface area contributed by atoms with Gasteiger partial charge in [-0.1, -0.05) is 12.1 Å². The Kier molecular flexibility index (Phi) is 6.59. The molecule has 2 amide bonds. The Hall–Kier alpha value is -3.81. The van der Waals surface area contributed by atoms with Gasteiger partial charge in [0.05, 0.1) is 32.5 Å². The van der Waals surface area contributed by atoms with Crippen molar-refractivity contribution >= 4 is 23.2 Å². The van der Waals surface area contributed by atoms with Gasteiger partial charge in [0.25, 0.3) is 5.91 Å². The van der Waals surface area contributed by atoms with Gasteiger partial charge in [-0.3, -0.25) is 14.3 Å². The smallest absolute Gasteiger partial charge is 0.251 e. The molecule has 1 heterocycles. The highest BCUT2D eigenvalue weighted by atomic mass is 16.5. The number of methoxy groups -OCH3 is 2. The van der Waals surface area contributed by atoms with Crippen LogP contribution in [-0.4, -0.2) is 35.8 Å². The summed E-state index contributed by atoms with van der Waals surface area (Å²) < 4.78 is 11.8. The summed E-state index contributed by atoms with van der Waals surface area (Å²) in [5.74, 6) is 0.977. The van der Waals surface area contributed by atoms with Gasteiger partial charge in [-0.2, -0.15) is 5.10 Å². The average Bonchev–Trinajstić information content (AvgIpc) is 3.23. The Balaban J connectivity index is 1.63. The molecule has 0 fully saturated rings. The molecule has 8 heteroatoms. The maximum atomic E-state index is 12.8. The number of nitrogens with one attached hydrogen (secondary N) is 2. The predicted octanol–water partition coefficient (Wildman–Crippen LogP) is 3.46. The lowest BCUT2D eigenvalue weighted by molar-refractivity contribution is -0.123. The number of aromatic nitrogens is 2. The molecule has 3 rings (SSSR count). The van der Waals surface area contributed by atoms with Crippen molar-refractivity contribution in [2.45, 2.75) is 25.8 Å². The summed E-state index contributed by atoms with van der Waals surface area (Å²) in [6.45, 7) is 3.50. The fraction of sp³-hybridized carbons (Fsp3) is 0.261. The number of benzene rings is 2. The van der Waals surface area contributed by atoms with Crippen molar-refractivity contribution in [2.24, 2.45) is 0 Å². The van der Waals surface area contributed by atoms with E-state index in [1.165, 1.54) is 10.9 Å². The van der Waals surface area contributed by atoms with Crippen LogP contribution >= 0.6 is 0 Å². The predicted molar refractivity (Wildman–Crippen MR) is 119 cm³/mol. The highest BCUT2D eigenvalue weighted by Crippen LogP contribution is 2.22. The largest absolute Gasteiger partial charge is 0.497 e. The summed E-state index contributed by atoms with van der Waals surface area (Å²) in [4.78, 5) is 25.2. The van der Waals surface area contributed by atoms with Crippen molar-refractivity contribution in [2.75, 3.05) is 24.9 Å². The van der Waals surface area contributed by atoms with E-state index in [9.17, 15) is 9.59 Å².